The highest BCUT2D eigenvalue weighted by atomic mass is 32.2. The van der Waals surface area contributed by atoms with Crippen LogP contribution in [0.1, 0.15) is 26.5 Å². The monoisotopic (exact) mass is 245 g/mol. The van der Waals surface area contributed by atoms with Gasteiger partial charge >= 0.3 is 0 Å². The van der Waals surface area contributed by atoms with Gasteiger partial charge in [0.2, 0.25) is 10.0 Å². The van der Waals surface area contributed by atoms with Crippen LogP contribution < -0.4 is 0 Å². The van der Waals surface area contributed by atoms with Gasteiger partial charge in [0.15, 0.2) is 0 Å². The molecule has 1 N–H and O–H groups in total. The largest absolute Gasteiger partial charge is 0.347 e. The molecule has 16 heavy (non-hydrogen) atoms. The predicted molar refractivity (Wildman–Crippen MR) is 63.3 cm³/mol. The van der Waals surface area contributed by atoms with E-state index in [1.807, 2.05) is 13.8 Å². The first-order chi connectivity index (χ1) is 7.35. The Labute approximate surface area is 96.9 Å². The molecule has 0 amide bonds. The molecule has 5 nitrogen and oxygen atoms in total. The van der Waals surface area contributed by atoms with Crippen molar-refractivity contribution in [2.24, 2.45) is 5.92 Å². The van der Waals surface area contributed by atoms with Gasteiger partial charge < -0.3 is 4.98 Å². The third-order valence-electron chi connectivity index (χ3n) is 2.79. The number of hydrogen-bond acceptors (Lipinski definition) is 3. The highest BCUT2D eigenvalue weighted by molar-refractivity contribution is 7.89. The van der Waals surface area contributed by atoms with Crippen LogP contribution in [0, 0.1) is 5.92 Å². The lowest BCUT2D eigenvalue weighted by atomic mass is 10.2. The zero-order chi connectivity index (χ0) is 12.3. The van der Waals surface area contributed by atoms with Crippen molar-refractivity contribution in [1.29, 1.82) is 0 Å². The molecule has 92 valence electrons. The van der Waals surface area contributed by atoms with Crippen molar-refractivity contribution < 1.29 is 8.42 Å². The number of aromatic nitrogens is 2. The molecule has 0 aromatic carbocycles. The third-order valence-corrected chi connectivity index (χ3v) is 5.27. The Hall–Kier alpha value is -0.880. The molecule has 1 aromatic rings. The summed E-state index contributed by atoms with van der Waals surface area (Å²) in [6.45, 7) is 5.89. The Morgan fingerprint density at radius 3 is 2.50 bits per heavy atom. The van der Waals surface area contributed by atoms with Gasteiger partial charge in [-0.15, -0.1) is 0 Å². The average molecular weight is 245 g/mol. The van der Waals surface area contributed by atoms with Crippen LogP contribution in [-0.2, 0) is 16.6 Å². The van der Waals surface area contributed by atoms with Crippen molar-refractivity contribution in [2.45, 2.75) is 32.6 Å². The van der Waals surface area contributed by atoms with Gasteiger partial charge in [0.05, 0.1) is 18.1 Å². The van der Waals surface area contributed by atoms with E-state index in [1.54, 1.807) is 26.5 Å². The van der Waals surface area contributed by atoms with E-state index in [1.165, 1.54) is 4.31 Å². The zero-order valence-corrected chi connectivity index (χ0v) is 11.0. The van der Waals surface area contributed by atoms with Crippen molar-refractivity contribution in [3.8, 4) is 0 Å². The summed E-state index contributed by atoms with van der Waals surface area (Å²) in [6, 6.07) is 0. The molecule has 0 radical (unpaired) electrons. The fourth-order valence-electron chi connectivity index (χ4n) is 1.33. The Kier molecular flexibility index (Phi) is 4.09. The van der Waals surface area contributed by atoms with Crippen LogP contribution >= 0.6 is 0 Å². The summed E-state index contributed by atoms with van der Waals surface area (Å²) in [5, 5.41) is -0.375. The number of imidazole rings is 1. The average Bonchev–Trinajstić information content (AvgIpc) is 2.68. The minimum atomic E-state index is -3.23. The van der Waals surface area contributed by atoms with Crippen molar-refractivity contribution in [3.05, 3.63) is 18.2 Å². The van der Waals surface area contributed by atoms with Crippen LogP contribution in [0.2, 0.25) is 0 Å². The molecule has 0 fully saturated rings. The molecule has 0 bridgehead atoms. The van der Waals surface area contributed by atoms with Gasteiger partial charge in [-0.05, 0) is 12.8 Å². The van der Waals surface area contributed by atoms with Gasteiger partial charge in [0.1, 0.15) is 0 Å². The van der Waals surface area contributed by atoms with E-state index >= 15 is 0 Å². The lowest BCUT2D eigenvalue weighted by Gasteiger charge is -2.23. The topological polar surface area (TPSA) is 66.1 Å². The summed E-state index contributed by atoms with van der Waals surface area (Å²) in [6.07, 6.45) is 3.17. The van der Waals surface area contributed by atoms with Crippen molar-refractivity contribution in [2.75, 3.05) is 7.05 Å². The number of nitrogens with zero attached hydrogens (tertiary/aromatic N) is 2. The van der Waals surface area contributed by atoms with Crippen LogP contribution in [0.15, 0.2) is 12.5 Å². The van der Waals surface area contributed by atoms with Gasteiger partial charge in [-0.2, -0.15) is 4.31 Å². The number of hydrogen-bond donors (Lipinski definition) is 1. The molecule has 1 atom stereocenters. The number of H-pyrrole nitrogens is 1. The highest BCUT2D eigenvalue weighted by Crippen LogP contribution is 2.16. The van der Waals surface area contributed by atoms with E-state index < -0.39 is 10.0 Å². The summed E-state index contributed by atoms with van der Waals surface area (Å²) in [7, 11) is -1.64. The van der Waals surface area contributed by atoms with Gasteiger partial charge in [-0.25, -0.2) is 13.4 Å². The molecular weight excluding hydrogens is 226 g/mol. The van der Waals surface area contributed by atoms with Gasteiger partial charge in [-0.1, -0.05) is 13.8 Å². The van der Waals surface area contributed by atoms with E-state index in [2.05, 4.69) is 9.97 Å². The maximum atomic E-state index is 12.1. The van der Waals surface area contributed by atoms with E-state index in [-0.39, 0.29) is 11.2 Å². The van der Waals surface area contributed by atoms with Crippen LogP contribution in [0.3, 0.4) is 0 Å². The van der Waals surface area contributed by atoms with E-state index in [4.69, 9.17) is 0 Å². The number of sulfonamides is 1. The van der Waals surface area contributed by atoms with E-state index in [0.717, 1.165) is 5.69 Å². The van der Waals surface area contributed by atoms with Crippen molar-refractivity contribution in [3.63, 3.8) is 0 Å². The van der Waals surface area contributed by atoms with Gasteiger partial charge in [0.25, 0.3) is 0 Å². The molecule has 1 unspecified atom stereocenters. The Morgan fingerprint density at radius 1 is 1.44 bits per heavy atom. The number of nitrogens with one attached hydrogen (secondary N) is 1. The molecule has 0 aliphatic carbocycles. The second-order valence-electron chi connectivity index (χ2n) is 4.33. The Bertz CT molecular complexity index is 411. The van der Waals surface area contributed by atoms with E-state index in [0.29, 0.717) is 6.54 Å². The number of aromatic amines is 1. The minimum Gasteiger partial charge on any atom is -0.347 e. The standard InChI is InChI=1S/C10H19N3O2S/c1-8(2)9(3)16(14,15)13(4)6-10-5-11-7-12-10/h5,7-9H,6H2,1-4H3,(H,11,12). The van der Waals surface area contributed by atoms with Gasteiger partial charge in [-0.3, -0.25) is 0 Å². The summed E-state index contributed by atoms with van der Waals surface area (Å²) >= 11 is 0. The SMILES string of the molecule is CC(C)C(C)S(=O)(=O)N(C)Cc1cnc[nH]1. The first-order valence-electron chi connectivity index (χ1n) is 5.28. The molecule has 0 aliphatic rings. The predicted octanol–water partition coefficient (Wildman–Crippen LogP) is 1.22. The molecule has 1 aromatic heterocycles. The normalized spacial score (nSPS) is 14.6. The lowest BCUT2D eigenvalue weighted by Crippen LogP contribution is -2.36. The second kappa shape index (κ2) is 4.97. The summed E-state index contributed by atoms with van der Waals surface area (Å²) in [5.74, 6) is 0.106. The van der Waals surface area contributed by atoms with E-state index in [9.17, 15) is 8.42 Å². The summed E-state index contributed by atoms with van der Waals surface area (Å²) < 4.78 is 25.5. The number of rotatable bonds is 5. The van der Waals surface area contributed by atoms with Crippen molar-refractivity contribution in [1.82, 2.24) is 14.3 Å². The maximum Gasteiger partial charge on any atom is 0.217 e. The smallest absolute Gasteiger partial charge is 0.217 e. The second-order valence-corrected chi connectivity index (χ2v) is 6.72. The molecule has 1 heterocycles. The molecule has 0 saturated heterocycles. The van der Waals surface area contributed by atoms with Crippen LogP contribution in [0.25, 0.3) is 0 Å². The Morgan fingerprint density at radius 2 is 2.06 bits per heavy atom. The zero-order valence-electron chi connectivity index (χ0n) is 10.1. The maximum absolute atomic E-state index is 12.1. The first kappa shape index (κ1) is 13.2. The molecule has 0 spiro atoms. The first-order valence-corrected chi connectivity index (χ1v) is 6.78. The lowest BCUT2D eigenvalue weighted by molar-refractivity contribution is 0.438. The van der Waals surface area contributed by atoms with Crippen LogP contribution in [-0.4, -0.2) is 35.0 Å². The van der Waals surface area contributed by atoms with Crippen LogP contribution in [0.4, 0.5) is 0 Å². The third kappa shape index (κ3) is 2.82. The summed E-state index contributed by atoms with van der Waals surface area (Å²) in [4.78, 5) is 6.75. The fraction of sp³-hybridized carbons (Fsp3) is 0.700. The quantitative estimate of drug-likeness (QED) is 0.848. The molecular formula is C10H19N3O2S. The molecule has 0 saturated carbocycles. The Balaban J connectivity index is 2.77. The molecule has 1 rings (SSSR count). The molecule has 0 aliphatic heterocycles. The minimum absolute atomic E-state index is 0.106. The van der Waals surface area contributed by atoms with Gasteiger partial charge in [0, 0.05) is 18.9 Å². The van der Waals surface area contributed by atoms with Crippen molar-refractivity contribution >= 4 is 10.0 Å². The summed E-state index contributed by atoms with van der Waals surface area (Å²) in [5.41, 5.74) is 0.794. The molecule has 6 heteroatoms. The highest BCUT2D eigenvalue weighted by Gasteiger charge is 2.28. The fourth-order valence-corrected chi connectivity index (χ4v) is 2.90. The van der Waals surface area contributed by atoms with Crippen LogP contribution in [0.5, 0.6) is 0 Å².